The molecule has 0 heterocycles. The van der Waals surface area contributed by atoms with E-state index in [0.29, 0.717) is 0 Å². The monoisotopic (exact) mass is 274 g/mol. The number of amides is 1. The van der Waals surface area contributed by atoms with Crippen LogP contribution in [0.15, 0.2) is 48.5 Å². The van der Waals surface area contributed by atoms with Crippen molar-refractivity contribution in [1.82, 2.24) is 5.32 Å². The second-order valence-electron chi connectivity index (χ2n) is 4.35. The van der Waals surface area contributed by atoms with Gasteiger partial charge >= 0.3 is 0 Å². The first-order chi connectivity index (χ1) is 9.61. The molecule has 0 bridgehead atoms. The summed E-state index contributed by atoms with van der Waals surface area (Å²) in [7, 11) is 0. The molecule has 0 spiro atoms. The summed E-state index contributed by atoms with van der Waals surface area (Å²) in [6.07, 6.45) is 0. The second kappa shape index (κ2) is 6.16. The summed E-state index contributed by atoms with van der Waals surface area (Å²) < 4.78 is 13.0. The van der Waals surface area contributed by atoms with Crippen LogP contribution in [0.3, 0.4) is 0 Å². The number of hydrogen-bond acceptors (Lipinski definition) is 3. The third-order valence-electron chi connectivity index (χ3n) is 2.95. The van der Waals surface area contributed by atoms with E-state index in [9.17, 15) is 14.3 Å². The van der Waals surface area contributed by atoms with Crippen LogP contribution in [0.5, 0.6) is 0 Å². The number of hydrogen-bond donors (Lipinski definition) is 3. The van der Waals surface area contributed by atoms with Crippen molar-refractivity contribution in [1.29, 1.82) is 0 Å². The number of anilines is 1. The minimum Gasteiger partial charge on any atom is -0.398 e. The summed E-state index contributed by atoms with van der Waals surface area (Å²) in [4.78, 5) is 12.1. The number of benzene rings is 2. The summed E-state index contributed by atoms with van der Waals surface area (Å²) in [5.41, 5.74) is 6.64. The van der Waals surface area contributed by atoms with Crippen molar-refractivity contribution in [3.05, 3.63) is 65.5 Å². The molecule has 104 valence electrons. The Morgan fingerprint density at radius 1 is 1.25 bits per heavy atom. The smallest absolute Gasteiger partial charge is 0.253 e. The lowest BCUT2D eigenvalue weighted by molar-refractivity contribution is 0.0917. The highest BCUT2D eigenvalue weighted by Gasteiger charge is 2.16. The fourth-order valence-corrected chi connectivity index (χ4v) is 1.90. The van der Waals surface area contributed by atoms with Crippen molar-refractivity contribution >= 4 is 11.6 Å². The predicted octanol–water partition coefficient (Wildman–Crippen LogP) is 1.87. The van der Waals surface area contributed by atoms with E-state index in [1.165, 1.54) is 12.1 Å². The van der Waals surface area contributed by atoms with Gasteiger partial charge in [-0.1, -0.05) is 30.3 Å². The maximum absolute atomic E-state index is 13.0. The number of carbonyl (C=O) groups is 1. The Kier molecular flexibility index (Phi) is 4.32. The van der Waals surface area contributed by atoms with Gasteiger partial charge in [-0.05, 0) is 23.8 Å². The Hall–Kier alpha value is -2.40. The summed E-state index contributed by atoms with van der Waals surface area (Å²) >= 11 is 0. The van der Waals surface area contributed by atoms with Crippen molar-refractivity contribution in [2.24, 2.45) is 0 Å². The highest BCUT2D eigenvalue weighted by molar-refractivity contribution is 5.99. The van der Waals surface area contributed by atoms with Crippen molar-refractivity contribution in [2.75, 3.05) is 12.3 Å². The number of aliphatic hydroxyl groups excluding tert-OH is 1. The maximum atomic E-state index is 13.0. The second-order valence-corrected chi connectivity index (χ2v) is 4.35. The van der Waals surface area contributed by atoms with Gasteiger partial charge in [0, 0.05) is 5.69 Å². The fraction of sp³-hybridized carbons (Fsp3) is 0.133. The van der Waals surface area contributed by atoms with Crippen LogP contribution in [-0.2, 0) is 0 Å². The Labute approximate surface area is 116 Å². The SMILES string of the molecule is Nc1cc(F)ccc1C(=O)NC(CO)c1ccccc1. The van der Waals surface area contributed by atoms with Crippen LogP contribution in [0, 0.1) is 5.82 Å². The molecule has 5 heteroatoms. The van der Waals surface area contributed by atoms with Gasteiger partial charge in [0.2, 0.25) is 0 Å². The first-order valence-corrected chi connectivity index (χ1v) is 6.13. The molecule has 1 unspecified atom stereocenters. The molecule has 0 aliphatic carbocycles. The van der Waals surface area contributed by atoms with Crippen LogP contribution in [0.4, 0.5) is 10.1 Å². The third-order valence-corrected chi connectivity index (χ3v) is 2.95. The van der Waals surface area contributed by atoms with Crippen LogP contribution in [0.25, 0.3) is 0 Å². The molecule has 2 aromatic rings. The lowest BCUT2D eigenvalue weighted by Crippen LogP contribution is -2.31. The standard InChI is InChI=1S/C15H15FN2O2/c16-11-6-7-12(13(17)8-11)15(20)18-14(9-19)10-4-2-1-3-5-10/h1-8,14,19H,9,17H2,(H,18,20). The van der Waals surface area contributed by atoms with Gasteiger partial charge < -0.3 is 16.2 Å². The largest absolute Gasteiger partial charge is 0.398 e. The molecule has 0 aliphatic heterocycles. The average Bonchev–Trinajstić information content (AvgIpc) is 2.45. The van der Waals surface area contributed by atoms with Gasteiger partial charge in [-0.25, -0.2) is 4.39 Å². The van der Waals surface area contributed by atoms with Crippen molar-refractivity contribution in [3.63, 3.8) is 0 Å². The highest BCUT2D eigenvalue weighted by Crippen LogP contribution is 2.16. The first kappa shape index (κ1) is 14.0. The van der Waals surface area contributed by atoms with Gasteiger partial charge in [0.1, 0.15) is 5.82 Å². The van der Waals surface area contributed by atoms with E-state index in [0.717, 1.165) is 11.6 Å². The molecule has 0 radical (unpaired) electrons. The zero-order valence-electron chi connectivity index (χ0n) is 10.7. The number of aliphatic hydroxyl groups is 1. The van der Waals surface area contributed by atoms with Gasteiger partial charge in [0.25, 0.3) is 5.91 Å². The Morgan fingerprint density at radius 2 is 1.95 bits per heavy atom. The third kappa shape index (κ3) is 3.13. The summed E-state index contributed by atoms with van der Waals surface area (Å²) in [6, 6.07) is 12.1. The van der Waals surface area contributed by atoms with E-state index in [4.69, 9.17) is 5.73 Å². The molecule has 2 rings (SSSR count). The molecule has 4 nitrogen and oxygen atoms in total. The Balaban J connectivity index is 2.17. The van der Waals surface area contributed by atoms with Gasteiger partial charge in [0.15, 0.2) is 0 Å². The summed E-state index contributed by atoms with van der Waals surface area (Å²) in [5, 5.41) is 12.1. The minimum atomic E-state index is -0.534. The zero-order valence-corrected chi connectivity index (χ0v) is 10.7. The number of nitrogen functional groups attached to an aromatic ring is 1. The van der Waals surface area contributed by atoms with Crippen molar-refractivity contribution in [3.8, 4) is 0 Å². The molecule has 4 N–H and O–H groups in total. The highest BCUT2D eigenvalue weighted by atomic mass is 19.1. The normalized spacial score (nSPS) is 11.9. The molecule has 20 heavy (non-hydrogen) atoms. The van der Waals surface area contributed by atoms with E-state index in [1.807, 2.05) is 18.2 Å². The molecule has 0 saturated carbocycles. The van der Waals surface area contributed by atoms with E-state index in [1.54, 1.807) is 12.1 Å². The lowest BCUT2D eigenvalue weighted by Gasteiger charge is -2.17. The van der Waals surface area contributed by atoms with Gasteiger partial charge in [-0.2, -0.15) is 0 Å². The molecule has 1 amide bonds. The van der Waals surface area contributed by atoms with E-state index in [2.05, 4.69) is 5.32 Å². The van der Waals surface area contributed by atoms with Crippen molar-refractivity contribution < 1.29 is 14.3 Å². The average molecular weight is 274 g/mol. The maximum Gasteiger partial charge on any atom is 0.253 e. The number of carbonyl (C=O) groups excluding carboxylic acids is 1. The molecule has 0 aromatic heterocycles. The number of halogens is 1. The first-order valence-electron chi connectivity index (χ1n) is 6.13. The Morgan fingerprint density at radius 3 is 2.55 bits per heavy atom. The fourth-order valence-electron chi connectivity index (χ4n) is 1.90. The number of nitrogens with one attached hydrogen (secondary N) is 1. The van der Waals surface area contributed by atoms with Gasteiger partial charge in [-0.3, -0.25) is 4.79 Å². The topological polar surface area (TPSA) is 75.4 Å². The van der Waals surface area contributed by atoms with Crippen LogP contribution >= 0.6 is 0 Å². The van der Waals surface area contributed by atoms with Gasteiger partial charge in [-0.15, -0.1) is 0 Å². The van der Waals surface area contributed by atoms with Crippen LogP contribution in [0.2, 0.25) is 0 Å². The Bertz CT molecular complexity index is 602. The van der Waals surface area contributed by atoms with Crippen LogP contribution in [-0.4, -0.2) is 17.6 Å². The van der Waals surface area contributed by atoms with E-state index >= 15 is 0 Å². The molecule has 2 aromatic carbocycles. The van der Waals surface area contributed by atoms with Crippen molar-refractivity contribution in [2.45, 2.75) is 6.04 Å². The lowest BCUT2D eigenvalue weighted by atomic mass is 10.1. The molecular formula is C15H15FN2O2. The molecule has 1 atom stereocenters. The summed E-state index contributed by atoms with van der Waals surface area (Å²) in [5.74, 6) is -0.953. The number of rotatable bonds is 4. The molecule has 0 saturated heterocycles. The number of nitrogens with two attached hydrogens (primary N) is 1. The van der Waals surface area contributed by atoms with E-state index < -0.39 is 17.8 Å². The van der Waals surface area contributed by atoms with E-state index in [-0.39, 0.29) is 17.9 Å². The molecule has 0 aliphatic rings. The van der Waals surface area contributed by atoms with Gasteiger partial charge in [0.05, 0.1) is 18.2 Å². The zero-order chi connectivity index (χ0) is 14.5. The van der Waals surface area contributed by atoms with Crippen LogP contribution in [0.1, 0.15) is 22.0 Å². The quantitative estimate of drug-likeness (QED) is 0.745. The molecular weight excluding hydrogens is 259 g/mol. The van der Waals surface area contributed by atoms with Crippen LogP contribution < -0.4 is 11.1 Å². The predicted molar refractivity (Wildman–Crippen MR) is 74.5 cm³/mol. The minimum absolute atomic E-state index is 0.0623. The summed E-state index contributed by atoms with van der Waals surface area (Å²) in [6.45, 7) is -0.239. The molecule has 0 fully saturated rings.